The molecule has 0 saturated carbocycles. The summed E-state index contributed by atoms with van der Waals surface area (Å²) in [6.45, 7) is 2.56. The van der Waals surface area contributed by atoms with E-state index in [2.05, 4.69) is 21.7 Å². The van der Waals surface area contributed by atoms with Crippen molar-refractivity contribution in [1.29, 1.82) is 5.26 Å². The summed E-state index contributed by atoms with van der Waals surface area (Å²) in [4.78, 5) is 29.7. The lowest BCUT2D eigenvalue weighted by Gasteiger charge is -2.21. The SMILES string of the molecule is Cc1csc(CNC(=O)OCC2CCc3c(sc(NC(=O)C=Cc4ccco4)c3C#N)C2)n1. The van der Waals surface area contributed by atoms with Crippen LogP contribution in [-0.4, -0.2) is 23.6 Å². The smallest absolute Gasteiger partial charge is 0.407 e. The van der Waals surface area contributed by atoms with E-state index in [1.54, 1.807) is 18.2 Å². The number of hydrogen-bond acceptors (Lipinski definition) is 8. The van der Waals surface area contributed by atoms with Gasteiger partial charge in [-0.25, -0.2) is 9.78 Å². The number of nitriles is 1. The quantitative estimate of drug-likeness (QED) is 0.473. The number of fused-ring (bicyclic) bond motifs is 1. The molecule has 2 N–H and O–H groups in total. The van der Waals surface area contributed by atoms with Gasteiger partial charge in [0, 0.05) is 22.0 Å². The molecule has 3 aromatic heterocycles. The van der Waals surface area contributed by atoms with Crippen molar-refractivity contribution < 1.29 is 18.7 Å². The second kappa shape index (κ2) is 10.5. The molecular formula is C23H22N4O4S2. The number of thiophene rings is 1. The summed E-state index contributed by atoms with van der Waals surface area (Å²) < 4.78 is 10.6. The fourth-order valence-electron chi connectivity index (χ4n) is 3.58. The predicted molar refractivity (Wildman–Crippen MR) is 126 cm³/mol. The van der Waals surface area contributed by atoms with Crippen molar-refractivity contribution in [1.82, 2.24) is 10.3 Å². The summed E-state index contributed by atoms with van der Waals surface area (Å²) in [5.74, 6) is 0.413. The lowest BCUT2D eigenvalue weighted by Crippen LogP contribution is -2.27. The van der Waals surface area contributed by atoms with E-state index in [1.807, 2.05) is 12.3 Å². The molecule has 10 heteroatoms. The highest BCUT2D eigenvalue weighted by molar-refractivity contribution is 7.16. The predicted octanol–water partition coefficient (Wildman–Crippen LogP) is 4.66. The molecule has 0 bridgehead atoms. The number of nitrogens with one attached hydrogen (secondary N) is 2. The van der Waals surface area contributed by atoms with Crippen molar-refractivity contribution in [2.45, 2.75) is 32.7 Å². The van der Waals surface area contributed by atoms with E-state index >= 15 is 0 Å². The topological polar surface area (TPSA) is 117 Å². The first kappa shape index (κ1) is 22.8. The van der Waals surface area contributed by atoms with Gasteiger partial charge in [-0.15, -0.1) is 22.7 Å². The molecule has 1 atom stereocenters. The normalized spacial score (nSPS) is 15.1. The van der Waals surface area contributed by atoms with Crippen molar-refractivity contribution in [3.8, 4) is 6.07 Å². The second-order valence-corrected chi connectivity index (χ2v) is 9.65. The van der Waals surface area contributed by atoms with Gasteiger partial charge in [-0.2, -0.15) is 5.26 Å². The van der Waals surface area contributed by atoms with Gasteiger partial charge in [0.05, 0.1) is 25.0 Å². The summed E-state index contributed by atoms with van der Waals surface area (Å²) in [5, 5.41) is 18.5. The van der Waals surface area contributed by atoms with Crippen molar-refractivity contribution >= 4 is 45.8 Å². The van der Waals surface area contributed by atoms with E-state index in [-0.39, 0.29) is 11.8 Å². The number of carbonyl (C=O) groups is 2. The molecule has 2 amide bonds. The zero-order valence-electron chi connectivity index (χ0n) is 17.9. The summed E-state index contributed by atoms with van der Waals surface area (Å²) in [7, 11) is 0. The van der Waals surface area contributed by atoms with Gasteiger partial charge in [0.15, 0.2) is 0 Å². The maximum Gasteiger partial charge on any atom is 0.407 e. The van der Waals surface area contributed by atoms with E-state index in [1.165, 1.54) is 35.0 Å². The van der Waals surface area contributed by atoms with Crippen LogP contribution in [0, 0.1) is 24.2 Å². The van der Waals surface area contributed by atoms with E-state index < -0.39 is 6.09 Å². The molecule has 8 nitrogen and oxygen atoms in total. The fraction of sp³-hybridized carbons (Fsp3) is 0.304. The molecule has 0 fully saturated rings. The summed E-state index contributed by atoms with van der Waals surface area (Å²) in [6.07, 6.45) is 6.23. The lowest BCUT2D eigenvalue weighted by molar-refractivity contribution is -0.111. The minimum atomic E-state index is -0.464. The number of anilines is 1. The van der Waals surface area contributed by atoms with Gasteiger partial charge in [0.25, 0.3) is 0 Å². The minimum absolute atomic E-state index is 0.165. The monoisotopic (exact) mass is 482 g/mol. The number of ether oxygens (including phenoxy) is 1. The van der Waals surface area contributed by atoms with Gasteiger partial charge in [0.1, 0.15) is 21.8 Å². The second-order valence-electron chi connectivity index (χ2n) is 7.60. The van der Waals surface area contributed by atoms with Crippen LogP contribution in [0.25, 0.3) is 6.08 Å². The Hall–Kier alpha value is -3.42. The largest absolute Gasteiger partial charge is 0.465 e. The summed E-state index contributed by atoms with van der Waals surface area (Å²) >= 11 is 2.91. The molecule has 1 unspecified atom stereocenters. The molecule has 0 aromatic carbocycles. The highest BCUT2D eigenvalue weighted by Gasteiger charge is 2.27. The van der Waals surface area contributed by atoms with Crippen molar-refractivity contribution in [2.24, 2.45) is 5.92 Å². The number of alkyl carbamates (subject to hydrolysis) is 1. The Morgan fingerprint density at radius 2 is 2.33 bits per heavy atom. The molecule has 4 rings (SSSR count). The molecule has 0 radical (unpaired) electrons. The minimum Gasteiger partial charge on any atom is -0.465 e. The zero-order chi connectivity index (χ0) is 23.2. The molecule has 0 spiro atoms. The highest BCUT2D eigenvalue weighted by Crippen LogP contribution is 2.39. The van der Waals surface area contributed by atoms with Crippen LogP contribution in [0.2, 0.25) is 0 Å². The molecule has 1 aliphatic carbocycles. The Kier molecular flexibility index (Phi) is 7.22. The molecule has 170 valence electrons. The van der Waals surface area contributed by atoms with Crippen molar-refractivity contribution in [3.05, 3.63) is 62.3 Å². The summed E-state index contributed by atoms with van der Waals surface area (Å²) in [5.41, 5.74) is 2.43. The van der Waals surface area contributed by atoms with Gasteiger partial charge in [-0.1, -0.05) is 0 Å². The van der Waals surface area contributed by atoms with Crippen LogP contribution in [0.1, 0.15) is 38.9 Å². The van der Waals surface area contributed by atoms with Crippen LogP contribution in [0.5, 0.6) is 0 Å². The van der Waals surface area contributed by atoms with Gasteiger partial charge >= 0.3 is 6.09 Å². The zero-order valence-corrected chi connectivity index (χ0v) is 19.6. The third kappa shape index (κ3) is 5.88. The number of rotatable bonds is 7. The summed E-state index contributed by atoms with van der Waals surface area (Å²) in [6, 6.07) is 5.72. The Morgan fingerprint density at radius 1 is 1.45 bits per heavy atom. The lowest BCUT2D eigenvalue weighted by atomic mass is 9.88. The van der Waals surface area contributed by atoms with Gasteiger partial charge in [0.2, 0.25) is 5.91 Å². The van der Waals surface area contributed by atoms with Crippen LogP contribution in [0.15, 0.2) is 34.3 Å². The number of nitrogens with zero attached hydrogens (tertiary/aromatic N) is 2. The van der Waals surface area contributed by atoms with E-state index in [0.717, 1.165) is 27.6 Å². The first-order chi connectivity index (χ1) is 16.0. The maximum absolute atomic E-state index is 12.3. The Morgan fingerprint density at radius 3 is 3.06 bits per heavy atom. The molecule has 33 heavy (non-hydrogen) atoms. The van der Waals surface area contributed by atoms with E-state index in [4.69, 9.17) is 9.15 Å². The van der Waals surface area contributed by atoms with Crippen LogP contribution >= 0.6 is 22.7 Å². The Balaban J connectivity index is 1.31. The average Bonchev–Trinajstić information content (AvgIpc) is 3.54. The molecular weight excluding hydrogens is 460 g/mol. The van der Waals surface area contributed by atoms with Crippen molar-refractivity contribution in [2.75, 3.05) is 11.9 Å². The third-order valence-corrected chi connectivity index (χ3v) is 7.30. The number of amides is 2. The van der Waals surface area contributed by atoms with Crippen LogP contribution < -0.4 is 10.6 Å². The number of furan rings is 1. The van der Waals surface area contributed by atoms with Crippen LogP contribution in [0.4, 0.5) is 9.80 Å². The van der Waals surface area contributed by atoms with E-state index in [0.29, 0.717) is 42.3 Å². The van der Waals surface area contributed by atoms with Gasteiger partial charge in [-0.3, -0.25) is 4.79 Å². The fourth-order valence-corrected chi connectivity index (χ4v) is 5.60. The van der Waals surface area contributed by atoms with Crippen molar-refractivity contribution in [3.63, 3.8) is 0 Å². The molecule has 3 heterocycles. The molecule has 0 saturated heterocycles. The maximum atomic E-state index is 12.3. The average molecular weight is 483 g/mol. The number of carbonyl (C=O) groups excluding carboxylic acids is 2. The number of hydrogen-bond donors (Lipinski definition) is 2. The number of aryl methyl sites for hydroxylation is 1. The Labute approximate surface area is 198 Å². The van der Waals surface area contributed by atoms with Gasteiger partial charge in [-0.05, 0) is 55.9 Å². The van der Waals surface area contributed by atoms with Gasteiger partial charge < -0.3 is 19.8 Å². The third-order valence-electron chi connectivity index (χ3n) is 5.16. The first-order valence-corrected chi connectivity index (χ1v) is 12.1. The van der Waals surface area contributed by atoms with Crippen LogP contribution in [0.3, 0.4) is 0 Å². The van der Waals surface area contributed by atoms with Crippen LogP contribution in [-0.2, 0) is 28.9 Å². The Bertz CT molecular complexity index is 1200. The number of thiazole rings is 1. The standard InChI is InChI=1S/C23H22N4O4S2/c1-14-13-32-21(26-14)11-25-23(29)31-12-15-4-6-17-18(10-24)22(33-19(17)9-15)27-20(28)7-5-16-3-2-8-30-16/h2-3,5,7-8,13,15H,4,6,9,11-12H2,1H3,(H,25,29)(H,27,28). The van der Waals surface area contributed by atoms with E-state index in [9.17, 15) is 14.9 Å². The number of aromatic nitrogens is 1. The highest BCUT2D eigenvalue weighted by atomic mass is 32.1. The molecule has 1 aliphatic rings. The molecule has 3 aromatic rings. The molecule has 0 aliphatic heterocycles. The first-order valence-electron chi connectivity index (χ1n) is 10.4.